The number of nitrogens with zero attached hydrogens (tertiary/aromatic N) is 4. The van der Waals surface area contributed by atoms with Crippen LogP contribution in [0.25, 0.3) is 0 Å². The highest BCUT2D eigenvalue weighted by atomic mass is 35.5. The molecule has 3 rings (SSSR count). The van der Waals surface area contributed by atoms with Gasteiger partial charge in [0.15, 0.2) is 27.7 Å². The van der Waals surface area contributed by atoms with Gasteiger partial charge in [-0.05, 0) is 31.2 Å². The third-order valence-electron chi connectivity index (χ3n) is 3.97. The molecule has 2 aromatic heterocycles. The molecular weight excluding hydrogens is 429 g/mol. The van der Waals surface area contributed by atoms with E-state index < -0.39 is 11.1 Å². The lowest BCUT2D eigenvalue weighted by molar-refractivity contribution is -0.115. The van der Waals surface area contributed by atoms with Crippen molar-refractivity contribution in [3.8, 4) is 5.75 Å². The van der Waals surface area contributed by atoms with Crippen molar-refractivity contribution < 1.29 is 13.9 Å². The summed E-state index contributed by atoms with van der Waals surface area (Å²) in [6, 6.07) is 9.48. The molecule has 0 saturated heterocycles. The lowest BCUT2D eigenvalue weighted by Gasteiger charge is -2.13. The summed E-state index contributed by atoms with van der Waals surface area (Å²) in [5, 5.41) is 11.3. The van der Waals surface area contributed by atoms with Gasteiger partial charge in [0.05, 0.1) is 10.9 Å². The maximum atomic E-state index is 13.8. The molecule has 1 amide bonds. The van der Waals surface area contributed by atoms with E-state index in [0.717, 1.165) is 0 Å². The standard InChI is InChI=1S/C20H19ClFN5O2S/c1-3-11-27-17(12-29-16-9-5-4-7-14(16)22)25-26-20(27)30-13(2)19(28)24-15-8-6-10-23-18(15)21/h3-10,13H,1,11-12H2,2H3,(H,24,28). The average molecular weight is 448 g/mol. The highest BCUT2D eigenvalue weighted by molar-refractivity contribution is 8.00. The molecule has 2 heterocycles. The Bertz CT molecular complexity index is 1050. The molecule has 0 radical (unpaired) electrons. The zero-order chi connectivity index (χ0) is 21.5. The molecule has 1 N–H and O–H groups in total. The molecule has 0 aliphatic rings. The summed E-state index contributed by atoms with van der Waals surface area (Å²) in [5.74, 6) is -0.0991. The summed E-state index contributed by atoms with van der Waals surface area (Å²) in [6.07, 6.45) is 3.22. The van der Waals surface area contributed by atoms with E-state index in [9.17, 15) is 9.18 Å². The van der Waals surface area contributed by atoms with E-state index in [1.54, 1.807) is 48.0 Å². The Balaban J connectivity index is 1.69. The number of thioether (sulfide) groups is 1. The molecule has 1 unspecified atom stereocenters. The number of anilines is 1. The Labute approximate surface area is 182 Å². The summed E-state index contributed by atoms with van der Waals surface area (Å²) < 4.78 is 21.1. The molecule has 0 aliphatic heterocycles. The van der Waals surface area contributed by atoms with E-state index in [4.69, 9.17) is 16.3 Å². The number of ether oxygens (including phenoxy) is 1. The molecule has 30 heavy (non-hydrogen) atoms. The van der Waals surface area contributed by atoms with Crippen LogP contribution >= 0.6 is 23.4 Å². The minimum absolute atomic E-state index is 0.0220. The molecule has 1 aromatic carbocycles. The molecule has 7 nitrogen and oxygen atoms in total. The average Bonchev–Trinajstić information content (AvgIpc) is 3.10. The Hall–Kier alpha value is -2.91. The van der Waals surface area contributed by atoms with Gasteiger partial charge in [0, 0.05) is 12.7 Å². The summed E-state index contributed by atoms with van der Waals surface area (Å²) in [6.45, 7) is 5.92. The van der Waals surface area contributed by atoms with Crippen molar-refractivity contribution in [3.05, 3.63) is 72.0 Å². The zero-order valence-electron chi connectivity index (χ0n) is 16.1. The van der Waals surface area contributed by atoms with Crippen molar-refractivity contribution in [1.29, 1.82) is 0 Å². The van der Waals surface area contributed by atoms with E-state index in [1.807, 2.05) is 0 Å². The van der Waals surface area contributed by atoms with Gasteiger partial charge in [-0.2, -0.15) is 0 Å². The Morgan fingerprint density at radius 2 is 2.17 bits per heavy atom. The van der Waals surface area contributed by atoms with Crippen molar-refractivity contribution in [2.75, 3.05) is 5.32 Å². The van der Waals surface area contributed by atoms with Gasteiger partial charge in [-0.25, -0.2) is 9.37 Å². The van der Waals surface area contributed by atoms with Crippen LogP contribution in [0.1, 0.15) is 12.7 Å². The van der Waals surface area contributed by atoms with Crippen LogP contribution in [-0.4, -0.2) is 30.9 Å². The van der Waals surface area contributed by atoms with Gasteiger partial charge in [0.2, 0.25) is 5.91 Å². The highest BCUT2D eigenvalue weighted by Crippen LogP contribution is 2.26. The number of allylic oxidation sites excluding steroid dienone is 1. The SMILES string of the molecule is C=CCn1c(COc2ccccc2F)nnc1SC(C)C(=O)Nc1cccnc1Cl. The Morgan fingerprint density at radius 3 is 2.90 bits per heavy atom. The fourth-order valence-corrected chi connectivity index (χ4v) is 3.50. The van der Waals surface area contributed by atoms with Crippen molar-refractivity contribution in [1.82, 2.24) is 19.7 Å². The van der Waals surface area contributed by atoms with Gasteiger partial charge >= 0.3 is 0 Å². The van der Waals surface area contributed by atoms with Crippen LogP contribution in [0.4, 0.5) is 10.1 Å². The second-order valence-corrected chi connectivity index (χ2v) is 7.77. The number of carbonyl (C=O) groups is 1. The quantitative estimate of drug-likeness (QED) is 0.298. The monoisotopic (exact) mass is 447 g/mol. The highest BCUT2D eigenvalue weighted by Gasteiger charge is 2.21. The van der Waals surface area contributed by atoms with Crippen LogP contribution in [0.3, 0.4) is 0 Å². The van der Waals surface area contributed by atoms with E-state index in [-0.39, 0.29) is 23.4 Å². The van der Waals surface area contributed by atoms with Gasteiger partial charge in [-0.15, -0.1) is 16.8 Å². The lowest BCUT2D eigenvalue weighted by atomic mass is 10.3. The van der Waals surface area contributed by atoms with Crippen LogP contribution in [0.2, 0.25) is 5.15 Å². The zero-order valence-corrected chi connectivity index (χ0v) is 17.7. The maximum absolute atomic E-state index is 13.8. The van der Waals surface area contributed by atoms with Gasteiger partial charge < -0.3 is 10.1 Å². The summed E-state index contributed by atoms with van der Waals surface area (Å²) in [4.78, 5) is 16.5. The third-order valence-corrected chi connectivity index (χ3v) is 5.35. The number of rotatable bonds is 9. The number of hydrogen-bond acceptors (Lipinski definition) is 6. The summed E-state index contributed by atoms with van der Waals surface area (Å²) >= 11 is 7.21. The predicted octanol–water partition coefficient (Wildman–Crippen LogP) is 4.35. The summed E-state index contributed by atoms with van der Waals surface area (Å²) in [5.41, 5.74) is 0.433. The topological polar surface area (TPSA) is 81.9 Å². The Kier molecular flexibility index (Phi) is 7.42. The lowest BCUT2D eigenvalue weighted by Crippen LogP contribution is -2.23. The predicted molar refractivity (Wildman–Crippen MR) is 114 cm³/mol. The number of hydrogen-bond donors (Lipinski definition) is 1. The first-order chi connectivity index (χ1) is 14.5. The van der Waals surface area contributed by atoms with Crippen LogP contribution in [0, 0.1) is 5.82 Å². The van der Waals surface area contributed by atoms with E-state index in [1.165, 1.54) is 23.9 Å². The molecule has 0 fully saturated rings. The van der Waals surface area contributed by atoms with Crippen LogP contribution < -0.4 is 10.1 Å². The number of halogens is 2. The number of benzene rings is 1. The van der Waals surface area contributed by atoms with Crippen LogP contribution in [0.15, 0.2) is 60.4 Å². The van der Waals surface area contributed by atoms with E-state index >= 15 is 0 Å². The minimum Gasteiger partial charge on any atom is -0.483 e. The molecule has 1 atom stereocenters. The molecule has 10 heteroatoms. The largest absolute Gasteiger partial charge is 0.483 e. The molecule has 0 bridgehead atoms. The fourth-order valence-electron chi connectivity index (χ4n) is 2.45. The van der Waals surface area contributed by atoms with Gasteiger partial charge in [0.25, 0.3) is 0 Å². The number of amides is 1. The number of nitrogens with one attached hydrogen (secondary N) is 1. The second-order valence-electron chi connectivity index (χ2n) is 6.11. The first kappa shape index (κ1) is 21.8. The number of carbonyl (C=O) groups excluding carboxylic acids is 1. The Morgan fingerprint density at radius 1 is 1.37 bits per heavy atom. The number of pyridine rings is 1. The van der Waals surface area contributed by atoms with Gasteiger partial charge in [-0.1, -0.05) is 41.6 Å². The maximum Gasteiger partial charge on any atom is 0.237 e. The van der Waals surface area contributed by atoms with Crippen molar-refractivity contribution >= 4 is 35.0 Å². The fraction of sp³-hybridized carbons (Fsp3) is 0.200. The molecule has 0 aliphatic carbocycles. The number of aromatic nitrogens is 4. The smallest absolute Gasteiger partial charge is 0.237 e. The second kappa shape index (κ2) is 10.2. The normalized spacial score (nSPS) is 11.7. The molecule has 0 spiro atoms. The van der Waals surface area contributed by atoms with Gasteiger partial charge in [0.1, 0.15) is 6.61 Å². The van der Waals surface area contributed by atoms with Gasteiger partial charge in [-0.3, -0.25) is 9.36 Å². The van der Waals surface area contributed by atoms with E-state index in [0.29, 0.717) is 23.2 Å². The molecule has 156 valence electrons. The van der Waals surface area contributed by atoms with Crippen molar-refractivity contribution in [3.63, 3.8) is 0 Å². The van der Waals surface area contributed by atoms with E-state index in [2.05, 4.69) is 27.1 Å². The van der Waals surface area contributed by atoms with Crippen molar-refractivity contribution in [2.24, 2.45) is 0 Å². The third kappa shape index (κ3) is 5.37. The molecular formula is C20H19ClFN5O2S. The molecule has 3 aromatic rings. The number of para-hydroxylation sites is 1. The van der Waals surface area contributed by atoms with Crippen LogP contribution in [-0.2, 0) is 17.9 Å². The molecule has 0 saturated carbocycles. The summed E-state index contributed by atoms with van der Waals surface area (Å²) in [7, 11) is 0. The first-order valence-corrected chi connectivity index (χ1v) is 10.2. The first-order valence-electron chi connectivity index (χ1n) is 8.98. The minimum atomic E-state index is -0.491. The van der Waals surface area contributed by atoms with Crippen molar-refractivity contribution in [2.45, 2.75) is 30.5 Å². The van der Waals surface area contributed by atoms with Crippen LogP contribution in [0.5, 0.6) is 5.75 Å².